The number of carbonyl (C=O) groups is 1. The van der Waals surface area contributed by atoms with Crippen molar-refractivity contribution < 1.29 is 14.5 Å². The molecule has 0 unspecified atom stereocenters. The molecule has 1 aromatic rings. The second-order valence-electron chi connectivity index (χ2n) is 2.82. The van der Waals surface area contributed by atoms with Crippen molar-refractivity contribution in [3.8, 4) is 5.75 Å². The van der Waals surface area contributed by atoms with Gasteiger partial charge >= 0.3 is 5.69 Å². The Labute approximate surface area is 114 Å². The van der Waals surface area contributed by atoms with E-state index in [1.807, 2.05) is 22.6 Å². The minimum Gasteiger partial charge on any atom is -0.490 e. The molecule has 1 aromatic carbocycles. The number of Topliss-reactive ketones (excluding diaryl/α,β-unsaturated/α-hetero) is 1. The van der Waals surface area contributed by atoms with Crippen LogP contribution in [0.2, 0.25) is 0 Å². The molecule has 0 saturated carbocycles. The van der Waals surface area contributed by atoms with Crippen LogP contribution in [0.1, 0.15) is 10.4 Å². The van der Waals surface area contributed by atoms with Crippen molar-refractivity contribution in [3.05, 3.63) is 31.4 Å². The first-order valence-corrected chi connectivity index (χ1v) is 6.32. The summed E-state index contributed by atoms with van der Waals surface area (Å²) in [5.74, 6) is -0.242. The van der Waals surface area contributed by atoms with Crippen LogP contribution in [0.4, 0.5) is 5.69 Å². The molecule has 0 spiro atoms. The molecule has 0 heterocycles. The molecule has 0 aliphatic rings. The number of alkyl halides is 1. The van der Waals surface area contributed by atoms with Gasteiger partial charge in [-0.25, -0.2) is 0 Å². The molecule has 86 valence electrons. The van der Waals surface area contributed by atoms with Crippen LogP contribution in [-0.2, 0) is 0 Å². The van der Waals surface area contributed by atoms with E-state index in [-0.39, 0.29) is 28.1 Å². The maximum Gasteiger partial charge on any atom is 0.312 e. The monoisotopic (exact) mass is 399 g/mol. The smallest absolute Gasteiger partial charge is 0.312 e. The maximum absolute atomic E-state index is 11.6. The van der Waals surface area contributed by atoms with Gasteiger partial charge in [0.1, 0.15) is 0 Å². The molecule has 0 atom stereocenters. The number of nitro groups is 1. The van der Waals surface area contributed by atoms with E-state index in [4.69, 9.17) is 4.74 Å². The second-order valence-corrected chi connectivity index (χ2v) is 4.63. The predicted octanol–water partition coefficient (Wildman–Crippen LogP) is 2.79. The highest BCUT2D eigenvalue weighted by Crippen LogP contribution is 2.33. The first kappa shape index (κ1) is 13.4. The van der Waals surface area contributed by atoms with Gasteiger partial charge in [-0.3, -0.25) is 14.9 Å². The van der Waals surface area contributed by atoms with E-state index in [2.05, 4.69) is 15.9 Å². The zero-order valence-electron chi connectivity index (χ0n) is 8.20. The number of nitrogens with zero attached hydrogens (tertiary/aromatic N) is 1. The number of ketones is 1. The third kappa shape index (κ3) is 2.70. The lowest BCUT2D eigenvalue weighted by Crippen LogP contribution is -2.06. The number of carbonyl (C=O) groups excluding carboxylic acids is 1. The van der Waals surface area contributed by atoms with Gasteiger partial charge in [0.2, 0.25) is 5.75 Å². The highest BCUT2D eigenvalue weighted by Gasteiger charge is 2.23. The van der Waals surface area contributed by atoms with Crippen LogP contribution in [0.25, 0.3) is 0 Å². The van der Waals surface area contributed by atoms with E-state index in [0.29, 0.717) is 3.57 Å². The van der Waals surface area contributed by atoms with Crippen LogP contribution in [0.5, 0.6) is 5.75 Å². The Balaban J connectivity index is 3.48. The van der Waals surface area contributed by atoms with Crippen LogP contribution in [0.3, 0.4) is 0 Å². The largest absolute Gasteiger partial charge is 0.490 e. The van der Waals surface area contributed by atoms with E-state index in [1.165, 1.54) is 13.2 Å². The van der Waals surface area contributed by atoms with Gasteiger partial charge in [-0.15, -0.1) is 0 Å². The second kappa shape index (κ2) is 5.58. The lowest BCUT2D eigenvalue weighted by molar-refractivity contribution is -0.385. The highest BCUT2D eigenvalue weighted by atomic mass is 127. The zero-order chi connectivity index (χ0) is 12.3. The molecule has 0 N–H and O–H groups in total. The van der Waals surface area contributed by atoms with Crippen molar-refractivity contribution in [2.24, 2.45) is 0 Å². The molecule has 0 saturated heterocycles. The molecular formula is C9H7BrINO4. The summed E-state index contributed by atoms with van der Waals surface area (Å²) in [6.07, 6.45) is 0. The Kier molecular flexibility index (Phi) is 4.66. The molecule has 7 heteroatoms. The number of nitro benzene ring substituents is 1. The van der Waals surface area contributed by atoms with E-state index in [9.17, 15) is 14.9 Å². The molecule has 0 aromatic heterocycles. The summed E-state index contributed by atoms with van der Waals surface area (Å²) in [5, 5.41) is 10.9. The van der Waals surface area contributed by atoms with E-state index < -0.39 is 4.92 Å². The van der Waals surface area contributed by atoms with Crippen molar-refractivity contribution in [2.45, 2.75) is 0 Å². The number of hydrogen-bond acceptors (Lipinski definition) is 4. The molecule has 0 aliphatic heterocycles. The van der Waals surface area contributed by atoms with Crippen LogP contribution in [-0.4, -0.2) is 23.1 Å². The van der Waals surface area contributed by atoms with Crippen LogP contribution in [0, 0.1) is 13.7 Å². The summed E-state index contributed by atoms with van der Waals surface area (Å²) in [7, 11) is 1.31. The fourth-order valence-electron chi connectivity index (χ4n) is 1.21. The molecule has 0 bridgehead atoms. The number of rotatable bonds is 4. The zero-order valence-corrected chi connectivity index (χ0v) is 11.9. The Bertz CT molecular complexity index is 449. The van der Waals surface area contributed by atoms with Gasteiger partial charge in [-0.1, -0.05) is 15.9 Å². The van der Waals surface area contributed by atoms with E-state index >= 15 is 0 Å². The van der Waals surface area contributed by atoms with Crippen molar-refractivity contribution in [3.63, 3.8) is 0 Å². The van der Waals surface area contributed by atoms with E-state index in [1.54, 1.807) is 6.07 Å². The van der Waals surface area contributed by atoms with Crippen molar-refractivity contribution in [1.82, 2.24) is 0 Å². The van der Waals surface area contributed by atoms with Gasteiger partial charge in [0, 0.05) is 9.64 Å². The fraction of sp³-hybridized carbons (Fsp3) is 0.222. The molecule has 16 heavy (non-hydrogen) atoms. The van der Waals surface area contributed by atoms with Crippen molar-refractivity contribution >= 4 is 50.0 Å². The molecule has 0 fully saturated rings. The Morgan fingerprint density at radius 2 is 2.25 bits per heavy atom. The average molecular weight is 400 g/mol. The minimum atomic E-state index is -0.563. The van der Waals surface area contributed by atoms with Gasteiger partial charge in [0.05, 0.1) is 22.9 Å². The first-order valence-electron chi connectivity index (χ1n) is 4.12. The first-order chi connectivity index (χ1) is 7.51. The average Bonchev–Trinajstić information content (AvgIpc) is 2.26. The van der Waals surface area contributed by atoms with Crippen molar-refractivity contribution in [2.75, 3.05) is 12.4 Å². The SMILES string of the molecule is COc1c(C(=O)CBr)cc(I)cc1[N+](=O)[O-]. The van der Waals surface area contributed by atoms with Crippen LogP contribution >= 0.6 is 38.5 Å². The fourth-order valence-corrected chi connectivity index (χ4v) is 2.12. The molecule has 5 nitrogen and oxygen atoms in total. The third-order valence-electron chi connectivity index (χ3n) is 1.86. The number of ether oxygens (including phenoxy) is 1. The summed E-state index contributed by atoms with van der Waals surface area (Å²) >= 11 is 4.94. The predicted molar refractivity (Wildman–Crippen MR) is 70.5 cm³/mol. The molecule has 1 rings (SSSR count). The molecular weight excluding hydrogens is 393 g/mol. The Morgan fingerprint density at radius 1 is 1.62 bits per heavy atom. The number of benzene rings is 1. The van der Waals surface area contributed by atoms with Gasteiger partial charge in [0.25, 0.3) is 0 Å². The maximum atomic E-state index is 11.6. The standard InChI is InChI=1S/C9H7BrINO4/c1-16-9-6(8(13)4-10)2-5(11)3-7(9)12(14)15/h2-3H,4H2,1H3. The summed E-state index contributed by atoms with van der Waals surface area (Å²) < 4.78 is 5.55. The molecule has 0 amide bonds. The summed E-state index contributed by atoms with van der Waals surface area (Å²) in [4.78, 5) is 21.8. The van der Waals surface area contributed by atoms with Gasteiger partial charge < -0.3 is 4.74 Å². The quantitative estimate of drug-likeness (QED) is 0.256. The summed E-state index contributed by atoms with van der Waals surface area (Å²) in [6.45, 7) is 0. The lowest BCUT2D eigenvalue weighted by atomic mass is 10.1. The number of methoxy groups -OCH3 is 1. The topological polar surface area (TPSA) is 69.4 Å². The van der Waals surface area contributed by atoms with Crippen LogP contribution < -0.4 is 4.74 Å². The molecule has 0 radical (unpaired) electrons. The highest BCUT2D eigenvalue weighted by molar-refractivity contribution is 14.1. The van der Waals surface area contributed by atoms with E-state index in [0.717, 1.165) is 0 Å². The molecule has 0 aliphatic carbocycles. The lowest BCUT2D eigenvalue weighted by Gasteiger charge is -2.07. The van der Waals surface area contributed by atoms with Gasteiger partial charge in [-0.05, 0) is 28.7 Å². The Morgan fingerprint density at radius 3 is 2.69 bits per heavy atom. The summed E-state index contributed by atoms with van der Waals surface area (Å²) in [5.41, 5.74) is 0.0247. The summed E-state index contributed by atoms with van der Waals surface area (Å²) in [6, 6.07) is 2.93. The normalized spacial score (nSPS) is 9.94. The van der Waals surface area contributed by atoms with Crippen LogP contribution in [0.15, 0.2) is 12.1 Å². The number of halogens is 2. The minimum absolute atomic E-state index is 0.00914. The van der Waals surface area contributed by atoms with Gasteiger partial charge in [0.15, 0.2) is 5.78 Å². The third-order valence-corrected chi connectivity index (χ3v) is 2.99. The van der Waals surface area contributed by atoms with Crippen molar-refractivity contribution in [1.29, 1.82) is 0 Å². The van der Waals surface area contributed by atoms with Gasteiger partial charge in [-0.2, -0.15) is 0 Å². The number of hydrogen-bond donors (Lipinski definition) is 0. The Hall–Kier alpha value is -0.700.